The molecule has 3 rings (SSSR count). The standard InChI is InChI=1S/C18H17N5S/c1-12-6-5-9-14(10-12)16(19)22-17(20)23-18-21-15(11-24-18)13-7-3-2-4-8-13/h2-11H,1H3,(H4,19,20,21,22,23). The van der Waals surface area contributed by atoms with Gasteiger partial charge in [-0.25, -0.2) is 4.98 Å². The predicted molar refractivity (Wildman–Crippen MR) is 101 cm³/mol. The Kier molecular flexibility index (Phi) is 4.67. The summed E-state index contributed by atoms with van der Waals surface area (Å²) >= 11 is 1.41. The molecule has 5 nitrogen and oxygen atoms in total. The SMILES string of the molecule is Cc1cccc(C(N)=NC(N)=Nc2nc(-c3ccccc3)cs2)c1. The van der Waals surface area contributed by atoms with Crippen LogP contribution in [0.15, 0.2) is 70.0 Å². The van der Waals surface area contributed by atoms with Crippen molar-refractivity contribution in [2.24, 2.45) is 21.5 Å². The van der Waals surface area contributed by atoms with Crippen LogP contribution < -0.4 is 11.5 Å². The second kappa shape index (κ2) is 7.06. The number of guanidine groups is 1. The van der Waals surface area contributed by atoms with Gasteiger partial charge in [-0.15, -0.1) is 11.3 Å². The van der Waals surface area contributed by atoms with Gasteiger partial charge in [-0.1, -0.05) is 54.1 Å². The summed E-state index contributed by atoms with van der Waals surface area (Å²) in [5.41, 5.74) is 15.7. The first kappa shape index (κ1) is 15.9. The zero-order valence-electron chi connectivity index (χ0n) is 13.2. The minimum atomic E-state index is 0.0861. The number of aryl methyl sites for hydroxylation is 1. The molecule has 24 heavy (non-hydrogen) atoms. The molecular weight excluding hydrogens is 318 g/mol. The Morgan fingerprint density at radius 2 is 1.83 bits per heavy atom. The minimum absolute atomic E-state index is 0.0861. The maximum absolute atomic E-state index is 5.99. The molecule has 0 aliphatic carbocycles. The smallest absolute Gasteiger partial charge is 0.224 e. The Balaban J connectivity index is 1.81. The molecule has 1 aromatic heterocycles. The third-order valence-electron chi connectivity index (χ3n) is 3.32. The van der Waals surface area contributed by atoms with Crippen LogP contribution in [0.4, 0.5) is 5.13 Å². The van der Waals surface area contributed by atoms with Crippen molar-refractivity contribution in [3.05, 3.63) is 71.1 Å². The molecule has 2 aromatic carbocycles. The van der Waals surface area contributed by atoms with Gasteiger partial charge in [0.15, 0.2) is 0 Å². The highest BCUT2D eigenvalue weighted by Crippen LogP contribution is 2.26. The number of rotatable bonds is 3. The third-order valence-corrected chi connectivity index (χ3v) is 4.06. The summed E-state index contributed by atoms with van der Waals surface area (Å²) in [6, 6.07) is 17.7. The van der Waals surface area contributed by atoms with Gasteiger partial charge in [0.2, 0.25) is 11.1 Å². The summed E-state index contributed by atoms with van der Waals surface area (Å²) in [5, 5.41) is 2.49. The van der Waals surface area contributed by atoms with Crippen molar-refractivity contribution in [3.8, 4) is 11.3 Å². The first-order valence-electron chi connectivity index (χ1n) is 7.38. The topological polar surface area (TPSA) is 89.6 Å². The van der Waals surface area contributed by atoms with Crippen LogP contribution in [0, 0.1) is 6.92 Å². The van der Waals surface area contributed by atoms with Crippen molar-refractivity contribution in [1.82, 2.24) is 4.98 Å². The Morgan fingerprint density at radius 1 is 1.04 bits per heavy atom. The first-order valence-corrected chi connectivity index (χ1v) is 8.26. The van der Waals surface area contributed by atoms with E-state index in [2.05, 4.69) is 15.0 Å². The quantitative estimate of drug-likeness (QED) is 0.567. The molecule has 6 heteroatoms. The number of thiazole rings is 1. The largest absolute Gasteiger partial charge is 0.383 e. The monoisotopic (exact) mass is 335 g/mol. The van der Waals surface area contributed by atoms with E-state index in [4.69, 9.17) is 11.5 Å². The van der Waals surface area contributed by atoms with Gasteiger partial charge in [0, 0.05) is 16.5 Å². The molecule has 0 saturated heterocycles. The zero-order chi connectivity index (χ0) is 16.9. The van der Waals surface area contributed by atoms with E-state index >= 15 is 0 Å². The Morgan fingerprint density at radius 3 is 2.58 bits per heavy atom. The molecule has 1 heterocycles. The van der Waals surface area contributed by atoms with Gasteiger partial charge in [-0.2, -0.15) is 9.98 Å². The summed E-state index contributed by atoms with van der Waals surface area (Å²) in [6.45, 7) is 1.99. The van der Waals surface area contributed by atoms with E-state index in [0.29, 0.717) is 11.0 Å². The summed E-state index contributed by atoms with van der Waals surface area (Å²) in [6.07, 6.45) is 0. The van der Waals surface area contributed by atoms with Gasteiger partial charge in [-0.05, 0) is 13.0 Å². The van der Waals surface area contributed by atoms with Gasteiger partial charge >= 0.3 is 0 Å². The molecule has 0 unspecified atom stereocenters. The zero-order valence-corrected chi connectivity index (χ0v) is 14.0. The molecule has 3 aromatic rings. The van der Waals surface area contributed by atoms with Crippen LogP contribution in [-0.4, -0.2) is 16.8 Å². The molecule has 120 valence electrons. The van der Waals surface area contributed by atoms with Gasteiger partial charge in [0.25, 0.3) is 0 Å². The van der Waals surface area contributed by atoms with Crippen LogP contribution in [-0.2, 0) is 0 Å². The molecule has 0 bridgehead atoms. The summed E-state index contributed by atoms with van der Waals surface area (Å²) in [5.74, 6) is 0.419. The number of aromatic nitrogens is 1. The average molecular weight is 335 g/mol. The lowest BCUT2D eigenvalue weighted by atomic mass is 10.1. The van der Waals surface area contributed by atoms with Crippen LogP contribution in [0.1, 0.15) is 11.1 Å². The maximum atomic E-state index is 5.99. The molecule has 0 radical (unpaired) electrons. The second-order valence-electron chi connectivity index (χ2n) is 5.22. The Bertz CT molecular complexity index is 897. The van der Waals surface area contributed by atoms with Crippen molar-refractivity contribution in [2.75, 3.05) is 0 Å². The molecule has 0 aliphatic rings. The first-order chi connectivity index (χ1) is 11.6. The fourth-order valence-electron chi connectivity index (χ4n) is 2.17. The summed E-state index contributed by atoms with van der Waals surface area (Å²) in [7, 11) is 0. The second-order valence-corrected chi connectivity index (χ2v) is 6.05. The lowest BCUT2D eigenvalue weighted by Gasteiger charge is -2.01. The normalized spacial score (nSPS) is 12.4. The molecule has 0 amide bonds. The highest BCUT2D eigenvalue weighted by atomic mass is 32.1. The van der Waals surface area contributed by atoms with Crippen LogP contribution in [0.25, 0.3) is 11.3 Å². The third kappa shape index (κ3) is 3.85. The predicted octanol–water partition coefficient (Wildman–Crippen LogP) is 3.47. The molecule has 0 aliphatic heterocycles. The van der Waals surface area contributed by atoms with Crippen LogP contribution in [0.3, 0.4) is 0 Å². The van der Waals surface area contributed by atoms with Crippen molar-refractivity contribution in [3.63, 3.8) is 0 Å². The van der Waals surface area contributed by atoms with Gasteiger partial charge in [0.1, 0.15) is 5.84 Å². The van der Waals surface area contributed by atoms with Crippen LogP contribution in [0.2, 0.25) is 0 Å². The maximum Gasteiger partial charge on any atom is 0.224 e. The average Bonchev–Trinajstić information content (AvgIpc) is 3.04. The van der Waals surface area contributed by atoms with E-state index in [-0.39, 0.29) is 5.96 Å². The fraction of sp³-hybridized carbons (Fsp3) is 0.0556. The van der Waals surface area contributed by atoms with Gasteiger partial charge < -0.3 is 11.5 Å². The number of amidine groups is 1. The van der Waals surface area contributed by atoms with E-state index < -0.39 is 0 Å². The van der Waals surface area contributed by atoms with Gasteiger partial charge in [-0.3, -0.25) is 0 Å². The van der Waals surface area contributed by atoms with Crippen molar-refractivity contribution >= 4 is 28.3 Å². The van der Waals surface area contributed by atoms with E-state index in [1.54, 1.807) is 0 Å². The van der Waals surface area contributed by atoms with Crippen LogP contribution >= 0.6 is 11.3 Å². The molecule has 4 N–H and O–H groups in total. The number of nitrogens with zero attached hydrogens (tertiary/aromatic N) is 3. The van der Waals surface area contributed by atoms with Crippen LogP contribution in [0.5, 0.6) is 0 Å². The number of hydrogen-bond donors (Lipinski definition) is 2. The molecule has 0 saturated carbocycles. The molecular formula is C18H17N5S. The Hall–Kier alpha value is -2.99. The molecule has 0 fully saturated rings. The van der Waals surface area contributed by atoms with E-state index in [1.807, 2.05) is 66.9 Å². The van der Waals surface area contributed by atoms with E-state index in [1.165, 1.54) is 11.3 Å². The highest BCUT2D eigenvalue weighted by molar-refractivity contribution is 7.13. The lowest BCUT2D eigenvalue weighted by molar-refractivity contribution is 1.32. The number of aliphatic imine (C=N–C) groups is 2. The van der Waals surface area contributed by atoms with Gasteiger partial charge in [0.05, 0.1) is 5.69 Å². The molecule has 0 spiro atoms. The number of hydrogen-bond acceptors (Lipinski definition) is 3. The number of nitrogens with two attached hydrogens (primary N) is 2. The summed E-state index contributed by atoms with van der Waals surface area (Å²) in [4.78, 5) is 12.8. The Labute approximate surface area is 144 Å². The fourth-order valence-corrected chi connectivity index (χ4v) is 2.88. The van der Waals surface area contributed by atoms with Crippen molar-refractivity contribution < 1.29 is 0 Å². The van der Waals surface area contributed by atoms with Crippen molar-refractivity contribution in [1.29, 1.82) is 0 Å². The van der Waals surface area contributed by atoms with E-state index in [9.17, 15) is 0 Å². The molecule has 0 atom stereocenters. The van der Waals surface area contributed by atoms with E-state index in [0.717, 1.165) is 22.4 Å². The lowest BCUT2D eigenvalue weighted by Crippen LogP contribution is -2.19. The van der Waals surface area contributed by atoms with Crippen molar-refractivity contribution in [2.45, 2.75) is 6.92 Å². The summed E-state index contributed by atoms with van der Waals surface area (Å²) < 4.78 is 0. The highest BCUT2D eigenvalue weighted by Gasteiger charge is 2.05. The number of benzene rings is 2. The minimum Gasteiger partial charge on any atom is -0.383 e.